The van der Waals surface area contributed by atoms with Crippen LogP contribution in [0.2, 0.25) is 0 Å². The van der Waals surface area contributed by atoms with E-state index in [2.05, 4.69) is 14.8 Å². The first-order valence-corrected chi connectivity index (χ1v) is 11.8. The molecule has 2 aromatic carbocycles. The van der Waals surface area contributed by atoms with Crippen molar-refractivity contribution in [2.45, 2.75) is 26.2 Å². The number of aryl methyl sites for hydroxylation is 1. The molecule has 1 saturated heterocycles. The van der Waals surface area contributed by atoms with Crippen molar-refractivity contribution in [1.29, 1.82) is 0 Å². The highest BCUT2D eigenvalue weighted by molar-refractivity contribution is 7.18. The van der Waals surface area contributed by atoms with Crippen LogP contribution in [-0.4, -0.2) is 78.7 Å². The van der Waals surface area contributed by atoms with Crippen LogP contribution in [0.25, 0.3) is 10.2 Å². The van der Waals surface area contributed by atoms with Gasteiger partial charge in [0.2, 0.25) is 0 Å². The molecule has 32 heavy (non-hydrogen) atoms. The third-order valence-corrected chi connectivity index (χ3v) is 6.59. The van der Waals surface area contributed by atoms with E-state index in [-0.39, 0.29) is 6.23 Å². The largest absolute Gasteiger partial charge is 0.493 e. The highest BCUT2D eigenvalue weighted by Crippen LogP contribution is 2.27. The summed E-state index contributed by atoms with van der Waals surface area (Å²) < 4.78 is 18.6. The Kier molecular flexibility index (Phi) is 7.47. The van der Waals surface area contributed by atoms with E-state index in [1.807, 2.05) is 49.4 Å². The molecular weight excluding hydrogens is 426 g/mol. The van der Waals surface area contributed by atoms with Crippen LogP contribution in [0.15, 0.2) is 42.5 Å². The lowest BCUT2D eigenvalue weighted by molar-refractivity contribution is -0.0749. The molecular formula is C24H31N3O4S. The monoisotopic (exact) mass is 457 g/mol. The lowest BCUT2D eigenvalue weighted by atomic mass is 10.2. The van der Waals surface area contributed by atoms with Gasteiger partial charge in [-0.05, 0) is 38.1 Å². The first-order chi connectivity index (χ1) is 15.5. The Hall–Kier alpha value is -2.39. The highest BCUT2D eigenvalue weighted by Gasteiger charge is 2.28. The lowest BCUT2D eigenvalue weighted by Crippen LogP contribution is -2.55. The minimum absolute atomic E-state index is 0.390. The van der Waals surface area contributed by atoms with Crippen LogP contribution in [0.4, 0.5) is 0 Å². The first kappa shape index (κ1) is 22.8. The second-order valence-corrected chi connectivity index (χ2v) is 9.22. The maximum Gasteiger partial charge on any atom is 0.178 e. The summed E-state index contributed by atoms with van der Waals surface area (Å²) in [5.74, 6) is 2.25. The molecule has 0 radical (unpaired) electrons. The molecule has 7 nitrogen and oxygen atoms in total. The molecule has 3 aromatic rings. The SMILES string of the molecule is COc1ccccc1OCCN1CCN(C(Oc2ccc3sc(C)nc3c2)[C@@H](C)O)CC1. The molecule has 4 rings (SSSR count). The van der Waals surface area contributed by atoms with Crippen molar-refractivity contribution < 1.29 is 19.3 Å². The van der Waals surface area contributed by atoms with Gasteiger partial charge in [-0.3, -0.25) is 9.80 Å². The molecule has 8 heteroatoms. The van der Waals surface area contributed by atoms with Gasteiger partial charge in [-0.15, -0.1) is 11.3 Å². The van der Waals surface area contributed by atoms with E-state index < -0.39 is 6.10 Å². The number of thiazole rings is 1. The number of para-hydroxylation sites is 2. The average Bonchev–Trinajstić information content (AvgIpc) is 3.17. The number of piperazine rings is 1. The summed E-state index contributed by atoms with van der Waals surface area (Å²) in [6.07, 6.45) is -0.998. The Morgan fingerprint density at radius 3 is 2.56 bits per heavy atom. The predicted octanol–water partition coefficient (Wildman–Crippen LogP) is 3.40. The van der Waals surface area contributed by atoms with Gasteiger partial charge in [0.1, 0.15) is 18.5 Å². The number of hydrogen-bond acceptors (Lipinski definition) is 8. The van der Waals surface area contributed by atoms with Gasteiger partial charge in [0.25, 0.3) is 0 Å². The number of aromatic nitrogens is 1. The van der Waals surface area contributed by atoms with Crippen LogP contribution in [0, 0.1) is 6.92 Å². The number of benzene rings is 2. The Labute approximate surface area is 193 Å². The molecule has 0 bridgehead atoms. The Balaban J connectivity index is 1.29. The van der Waals surface area contributed by atoms with Crippen molar-refractivity contribution in [3.05, 3.63) is 47.5 Å². The van der Waals surface area contributed by atoms with Crippen molar-refractivity contribution in [3.8, 4) is 17.2 Å². The van der Waals surface area contributed by atoms with E-state index in [0.717, 1.165) is 65.2 Å². The summed E-state index contributed by atoms with van der Waals surface area (Å²) in [7, 11) is 1.65. The van der Waals surface area contributed by atoms with Crippen LogP contribution in [-0.2, 0) is 0 Å². The van der Waals surface area contributed by atoms with Crippen LogP contribution < -0.4 is 14.2 Å². The number of hydrogen-bond donors (Lipinski definition) is 1. The van der Waals surface area contributed by atoms with E-state index in [1.165, 1.54) is 0 Å². The van der Waals surface area contributed by atoms with Crippen LogP contribution in [0.1, 0.15) is 11.9 Å². The van der Waals surface area contributed by atoms with Crippen LogP contribution in [0.3, 0.4) is 0 Å². The zero-order valence-electron chi connectivity index (χ0n) is 18.9. The maximum absolute atomic E-state index is 10.4. The van der Waals surface area contributed by atoms with Gasteiger partial charge in [-0.2, -0.15) is 0 Å². The zero-order chi connectivity index (χ0) is 22.5. The molecule has 1 aromatic heterocycles. The molecule has 1 aliphatic heterocycles. The average molecular weight is 458 g/mol. The number of rotatable bonds is 9. The second-order valence-electron chi connectivity index (χ2n) is 7.99. The zero-order valence-corrected chi connectivity index (χ0v) is 19.7. The van der Waals surface area contributed by atoms with Gasteiger partial charge < -0.3 is 19.3 Å². The minimum atomic E-state index is -0.608. The number of ether oxygens (including phenoxy) is 3. The smallest absolute Gasteiger partial charge is 0.178 e. The molecule has 1 aliphatic rings. The van der Waals surface area contributed by atoms with E-state index in [0.29, 0.717) is 6.61 Å². The molecule has 1 fully saturated rings. The normalized spacial score (nSPS) is 17.2. The van der Waals surface area contributed by atoms with Crippen molar-refractivity contribution >= 4 is 21.6 Å². The standard InChI is InChI=1S/C24H31N3O4S/c1-17(28)24(31-19-8-9-23-20(16-19)25-18(2)32-23)27-12-10-26(11-13-27)14-15-30-22-7-5-4-6-21(22)29-3/h4-9,16-17,24,28H,10-15H2,1-3H3/t17-,24?/m1/s1. The van der Waals surface area contributed by atoms with Gasteiger partial charge in [0.15, 0.2) is 17.7 Å². The molecule has 0 spiro atoms. The summed E-state index contributed by atoms with van der Waals surface area (Å²) in [6.45, 7) is 8.66. The number of fused-ring (bicyclic) bond motifs is 1. The van der Waals surface area contributed by atoms with Crippen LogP contribution >= 0.6 is 11.3 Å². The highest BCUT2D eigenvalue weighted by atomic mass is 32.1. The lowest BCUT2D eigenvalue weighted by Gasteiger charge is -2.40. The number of methoxy groups -OCH3 is 1. The van der Waals surface area contributed by atoms with Gasteiger partial charge >= 0.3 is 0 Å². The maximum atomic E-state index is 10.4. The third kappa shape index (κ3) is 5.50. The predicted molar refractivity (Wildman–Crippen MR) is 127 cm³/mol. The van der Waals surface area contributed by atoms with Crippen LogP contribution in [0.5, 0.6) is 17.2 Å². The van der Waals surface area contributed by atoms with Crippen molar-refractivity contribution in [3.63, 3.8) is 0 Å². The molecule has 2 atom stereocenters. The molecule has 1 N–H and O–H groups in total. The van der Waals surface area contributed by atoms with Gasteiger partial charge in [0.05, 0.1) is 22.3 Å². The van der Waals surface area contributed by atoms with Gasteiger partial charge in [0, 0.05) is 38.8 Å². The first-order valence-electron chi connectivity index (χ1n) is 11.0. The van der Waals surface area contributed by atoms with E-state index in [9.17, 15) is 5.11 Å². The summed E-state index contributed by atoms with van der Waals surface area (Å²) in [6, 6.07) is 13.7. The summed E-state index contributed by atoms with van der Waals surface area (Å²) in [5, 5.41) is 11.4. The fraction of sp³-hybridized carbons (Fsp3) is 0.458. The molecule has 0 amide bonds. The summed E-state index contributed by atoms with van der Waals surface area (Å²) >= 11 is 1.67. The van der Waals surface area contributed by atoms with Crippen molar-refractivity contribution in [1.82, 2.24) is 14.8 Å². The molecule has 1 unspecified atom stereocenters. The quantitative estimate of drug-likeness (QED) is 0.528. The Bertz CT molecular complexity index is 1020. The van der Waals surface area contributed by atoms with E-state index in [4.69, 9.17) is 14.2 Å². The van der Waals surface area contributed by atoms with E-state index >= 15 is 0 Å². The Morgan fingerprint density at radius 2 is 1.84 bits per heavy atom. The third-order valence-electron chi connectivity index (χ3n) is 5.64. The van der Waals surface area contributed by atoms with Gasteiger partial charge in [-0.25, -0.2) is 4.98 Å². The summed E-state index contributed by atoms with van der Waals surface area (Å²) in [4.78, 5) is 9.12. The minimum Gasteiger partial charge on any atom is -0.493 e. The fourth-order valence-electron chi connectivity index (χ4n) is 3.98. The number of nitrogens with zero attached hydrogens (tertiary/aromatic N) is 3. The van der Waals surface area contributed by atoms with E-state index in [1.54, 1.807) is 25.4 Å². The van der Waals surface area contributed by atoms with Crippen molar-refractivity contribution in [2.75, 3.05) is 46.4 Å². The molecule has 172 valence electrons. The summed E-state index contributed by atoms with van der Waals surface area (Å²) in [5.41, 5.74) is 0.939. The number of aliphatic hydroxyl groups excluding tert-OH is 1. The molecule has 0 aliphatic carbocycles. The molecule has 2 heterocycles. The fourth-order valence-corrected chi connectivity index (χ4v) is 4.78. The molecule has 0 saturated carbocycles. The topological polar surface area (TPSA) is 67.3 Å². The number of aliphatic hydroxyl groups is 1. The second kappa shape index (κ2) is 10.5. The van der Waals surface area contributed by atoms with Crippen molar-refractivity contribution in [2.24, 2.45) is 0 Å². The van der Waals surface area contributed by atoms with Gasteiger partial charge in [-0.1, -0.05) is 12.1 Å². The Morgan fingerprint density at radius 1 is 1.09 bits per heavy atom.